The fraction of sp³-hybridized carbons (Fsp3) is 0.0588. The molecule has 8 rings (SSSR count). The molecule has 8 aromatic rings. The Balaban J connectivity index is 1.60. The van der Waals surface area contributed by atoms with E-state index in [2.05, 4.69) is 130 Å². The van der Waals surface area contributed by atoms with Crippen molar-refractivity contribution in [3.63, 3.8) is 0 Å². The van der Waals surface area contributed by atoms with Crippen molar-refractivity contribution in [1.82, 2.24) is 19.1 Å². The van der Waals surface area contributed by atoms with E-state index in [0.29, 0.717) is 0 Å². The summed E-state index contributed by atoms with van der Waals surface area (Å²) in [6.07, 6.45) is 3.80. The largest absolute Gasteiger partial charge is 0.333 e. The van der Waals surface area contributed by atoms with Crippen LogP contribution < -0.4 is 0 Å². The minimum atomic E-state index is 1.01. The summed E-state index contributed by atoms with van der Waals surface area (Å²) in [5.74, 6) is 0. The van der Waals surface area contributed by atoms with E-state index < -0.39 is 0 Å². The third kappa shape index (κ3) is 2.86. The molecule has 0 spiro atoms. The lowest BCUT2D eigenvalue weighted by molar-refractivity contribution is 0.948. The highest BCUT2D eigenvalue weighted by molar-refractivity contribution is 6.28. The van der Waals surface area contributed by atoms with Gasteiger partial charge in [-0.1, -0.05) is 78.9 Å². The summed E-state index contributed by atoms with van der Waals surface area (Å²) in [7, 11) is 4.15. The van der Waals surface area contributed by atoms with Crippen LogP contribution in [0.3, 0.4) is 0 Å². The molecule has 0 radical (unpaired) electrons. The number of aryl methyl sites for hydroxylation is 2. The monoisotopic (exact) mass is 488 g/mol. The fourth-order valence-electron chi connectivity index (χ4n) is 6.28. The smallest absolute Gasteiger partial charge is 0.0955 e. The maximum Gasteiger partial charge on any atom is 0.0955 e. The lowest BCUT2D eigenvalue weighted by atomic mass is 9.86. The molecule has 38 heavy (non-hydrogen) atoms. The van der Waals surface area contributed by atoms with Crippen molar-refractivity contribution in [1.29, 1.82) is 0 Å². The van der Waals surface area contributed by atoms with Crippen molar-refractivity contribution in [3.05, 3.63) is 110 Å². The second-order valence-electron chi connectivity index (χ2n) is 10.1. The summed E-state index contributed by atoms with van der Waals surface area (Å²) in [5, 5.41) is 7.53. The highest BCUT2D eigenvalue weighted by Gasteiger charge is 2.18. The molecule has 0 saturated heterocycles. The third-order valence-electron chi connectivity index (χ3n) is 7.92. The predicted molar refractivity (Wildman–Crippen MR) is 158 cm³/mol. The molecule has 0 fully saturated rings. The Labute approximate surface area is 219 Å². The van der Waals surface area contributed by atoms with E-state index in [0.717, 1.165) is 22.1 Å². The van der Waals surface area contributed by atoms with Crippen LogP contribution in [0.1, 0.15) is 0 Å². The van der Waals surface area contributed by atoms with Crippen molar-refractivity contribution in [2.45, 2.75) is 0 Å². The molecule has 0 bridgehead atoms. The van der Waals surface area contributed by atoms with Gasteiger partial charge >= 0.3 is 0 Å². The van der Waals surface area contributed by atoms with Crippen LogP contribution >= 0.6 is 0 Å². The zero-order valence-corrected chi connectivity index (χ0v) is 21.2. The van der Waals surface area contributed by atoms with Gasteiger partial charge < -0.3 is 9.13 Å². The summed E-state index contributed by atoms with van der Waals surface area (Å²) in [6, 6.07) is 35.2. The van der Waals surface area contributed by atoms with Crippen molar-refractivity contribution < 1.29 is 0 Å². The van der Waals surface area contributed by atoms with Crippen molar-refractivity contribution >= 4 is 54.4 Å². The Hall–Kier alpha value is -4.96. The topological polar surface area (TPSA) is 35.6 Å². The number of para-hydroxylation sites is 2. The van der Waals surface area contributed by atoms with Gasteiger partial charge in [0.2, 0.25) is 0 Å². The Morgan fingerprint density at radius 1 is 0.474 bits per heavy atom. The number of fused-ring (bicyclic) bond motifs is 7. The van der Waals surface area contributed by atoms with E-state index >= 15 is 0 Å². The molecule has 2 aromatic heterocycles. The zero-order chi connectivity index (χ0) is 25.4. The molecular weight excluding hydrogens is 464 g/mol. The molecule has 0 amide bonds. The number of nitrogens with zero attached hydrogens (tertiary/aromatic N) is 4. The first-order valence-corrected chi connectivity index (χ1v) is 12.9. The van der Waals surface area contributed by atoms with Crippen LogP contribution in [0.2, 0.25) is 0 Å². The van der Waals surface area contributed by atoms with Crippen LogP contribution in [0.4, 0.5) is 0 Å². The Morgan fingerprint density at radius 3 is 1.82 bits per heavy atom. The van der Waals surface area contributed by atoms with Gasteiger partial charge in [-0.25, -0.2) is 9.97 Å². The first-order valence-electron chi connectivity index (χ1n) is 12.9. The molecule has 0 aliphatic heterocycles. The maximum atomic E-state index is 4.64. The third-order valence-corrected chi connectivity index (χ3v) is 7.92. The fourth-order valence-corrected chi connectivity index (χ4v) is 6.28. The molecule has 4 nitrogen and oxygen atoms in total. The molecule has 6 aromatic carbocycles. The van der Waals surface area contributed by atoms with E-state index in [4.69, 9.17) is 0 Å². The normalized spacial score (nSPS) is 11.9. The van der Waals surface area contributed by atoms with Crippen LogP contribution in [-0.2, 0) is 14.1 Å². The van der Waals surface area contributed by atoms with Gasteiger partial charge in [0.05, 0.1) is 34.7 Å². The summed E-state index contributed by atoms with van der Waals surface area (Å²) >= 11 is 0. The van der Waals surface area contributed by atoms with Crippen molar-refractivity contribution in [2.75, 3.05) is 0 Å². The molecule has 0 atom stereocenters. The molecule has 0 aliphatic carbocycles. The van der Waals surface area contributed by atoms with Crippen molar-refractivity contribution in [2.24, 2.45) is 14.1 Å². The lowest BCUT2D eigenvalue weighted by Crippen LogP contribution is -1.93. The molecule has 0 aliphatic rings. The van der Waals surface area contributed by atoms with E-state index in [9.17, 15) is 0 Å². The summed E-state index contributed by atoms with van der Waals surface area (Å²) in [5.41, 5.74) is 9.17. The van der Waals surface area contributed by atoms with Crippen LogP contribution in [-0.4, -0.2) is 19.1 Å². The Bertz CT molecular complexity index is 2140. The van der Waals surface area contributed by atoms with Crippen molar-refractivity contribution in [3.8, 4) is 22.3 Å². The van der Waals surface area contributed by atoms with E-state index in [1.165, 1.54) is 54.6 Å². The van der Waals surface area contributed by atoms with Gasteiger partial charge in [0.15, 0.2) is 0 Å². The standard InChI is InChI=1S/C34H24N4/c1-37-19-35-29-14-6-12-26(33(29)37)24-11-5-9-22-18-28(27-13-7-15-30-34(27)38(2)20-36-30)25-17-16-21-8-3-4-10-23(21)32(25)31(22)24/h3-20H,1-2H3. The number of hydrogen-bond donors (Lipinski definition) is 0. The molecule has 180 valence electrons. The molecule has 2 heterocycles. The van der Waals surface area contributed by atoms with Crippen LogP contribution in [0.5, 0.6) is 0 Å². The Morgan fingerprint density at radius 2 is 1.08 bits per heavy atom. The molecule has 0 N–H and O–H groups in total. The van der Waals surface area contributed by atoms with Gasteiger partial charge in [-0.3, -0.25) is 0 Å². The van der Waals surface area contributed by atoms with E-state index in [1.54, 1.807) is 0 Å². The minimum Gasteiger partial charge on any atom is -0.333 e. The summed E-state index contributed by atoms with van der Waals surface area (Å²) in [6.45, 7) is 0. The first kappa shape index (κ1) is 21.2. The van der Waals surface area contributed by atoms with Gasteiger partial charge in [0.1, 0.15) is 0 Å². The van der Waals surface area contributed by atoms with Gasteiger partial charge in [0, 0.05) is 25.2 Å². The maximum absolute atomic E-state index is 4.64. The summed E-state index contributed by atoms with van der Waals surface area (Å²) < 4.78 is 4.25. The van der Waals surface area contributed by atoms with Gasteiger partial charge in [-0.2, -0.15) is 0 Å². The average Bonchev–Trinajstić information content (AvgIpc) is 3.54. The van der Waals surface area contributed by atoms with E-state index in [1.807, 2.05) is 12.7 Å². The molecular formula is C34H24N4. The zero-order valence-electron chi connectivity index (χ0n) is 21.2. The van der Waals surface area contributed by atoms with Gasteiger partial charge in [-0.15, -0.1) is 0 Å². The van der Waals surface area contributed by atoms with Gasteiger partial charge in [-0.05, 0) is 61.6 Å². The number of imidazole rings is 2. The summed E-state index contributed by atoms with van der Waals surface area (Å²) in [4.78, 5) is 9.27. The number of hydrogen-bond acceptors (Lipinski definition) is 2. The number of benzene rings is 6. The Kier molecular flexibility index (Phi) is 4.32. The highest BCUT2D eigenvalue weighted by atomic mass is 15.0. The highest BCUT2D eigenvalue weighted by Crippen LogP contribution is 2.44. The first-order chi connectivity index (χ1) is 18.7. The van der Waals surface area contributed by atoms with Crippen LogP contribution in [0.15, 0.2) is 110 Å². The second-order valence-corrected chi connectivity index (χ2v) is 10.1. The van der Waals surface area contributed by atoms with Crippen LogP contribution in [0.25, 0.3) is 76.6 Å². The molecule has 4 heteroatoms. The van der Waals surface area contributed by atoms with Crippen LogP contribution in [0, 0.1) is 0 Å². The molecule has 0 unspecified atom stereocenters. The molecule has 0 saturated carbocycles. The lowest BCUT2D eigenvalue weighted by Gasteiger charge is -2.18. The number of rotatable bonds is 2. The average molecular weight is 489 g/mol. The SMILES string of the molecule is Cn1cnc2cccc(-c3cc4cccc(-c5cccc6ncn(C)c56)c4c4c3ccc3ccccc34)c21. The predicted octanol–water partition coefficient (Wildman–Crippen LogP) is 8.25. The number of aromatic nitrogens is 4. The quantitative estimate of drug-likeness (QED) is 0.230. The van der Waals surface area contributed by atoms with Gasteiger partial charge in [0.25, 0.3) is 0 Å². The second kappa shape index (κ2) is 7.77. The van der Waals surface area contributed by atoms with E-state index in [-0.39, 0.29) is 0 Å². The minimum absolute atomic E-state index is 1.01.